The van der Waals surface area contributed by atoms with E-state index in [0.717, 1.165) is 25.0 Å². The summed E-state index contributed by atoms with van der Waals surface area (Å²) in [5.74, 6) is -2.64. The van der Waals surface area contributed by atoms with Gasteiger partial charge in [-0.3, -0.25) is 9.89 Å². The molecular weight excluding hydrogens is 580 g/mol. The number of carbonyl (C=O) groups is 1. The Hall–Kier alpha value is -4.07. The third-order valence-electron chi connectivity index (χ3n) is 7.85. The molecule has 2 saturated heterocycles. The molecule has 1 aromatic heterocycles. The lowest BCUT2D eigenvalue weighted by atomic mass is 9.96. The average Bonchev–Trinajstić information content (AvgIpc) is 3.41. The number of hydrogen-bond donors (Lipinski definition) is 4. The highest BCUT2D eigenvalue weighted by Crippen LogP contribution is 2.42. The van der Waals surface area contributed by atoms with Crippen molar-refractivity contribution < 1.29 is 31.5 Å². The number of amides is 1. The molecule has 0 spiro atoms. The van der Waals surface area contributed by atoms with Crippen molar-refractivity contribution in [2.75, 3.05) is 37.1 Å². The van der Waals surface area contributed by atoms with Gasteiger partial charge in [0.1, 0.15) is 17.3 Å². The molecule has 0 radical (unpaired) electrons. The Morgan fingerprint density at radius 1 is 0.860 bits per heavy atom. The fraction of sp³-hybridized carbons (Fsp3) is 0.333. The summed E-state index contributed by atoms with van der Waals surface area (Å²) in [5, 5.41) is 15.1. The standard InChI is InChI=1S/C30H31F2N5O5S/c31-17-13-18(32)15-22(14-17)43(39,40)21-1-3-25-24(16-21)29(37-36-25)27-26(34-19-5-9-41-10-6-19)4-2-23(30(33)38)28(27)35-20-7-11-42-12-8-20/h1-4,13-16,19-20,34-35H,5-12H2,(H2,33,38)(H,36,37). The van der Waals surface area contributed by atoms with Gasteiger partial charge in [0.25, 0.3) is 5.91 Å². The predicted octanol–water partition coefficient (Wildman–Crippen LogP) is 4.62. The number of anilines is 2. The number of rotatable bonds is 8. The van der Waals surface area contributed by atoms with E-state index in [9.17, 15) is 22.0 Å². The Morgan fingerprint density at radius 2 is 1.49 bits per heavy atom. The number of halogens is 2. The van der Waals surface area contributed by atoms with Gasteiger partial charge in [-0.2, -0.15) is 5.10 Å². The van der Waals surface area contributed by atoms with Crippen molar-refractivity contribution in [3.05, 3.63) is 65.7 Å². The van der Waals surface area contributed by atoms with Gasteiger partial charge in [0.15, 0.2) is 0 Å². The van der Waals surface area contributed by atoms with Gasteiger partial charge in [-0.25, -0.2) is 17.2 Å². The summed E-state index contributed by atoms with van der Waals surface area (Å²) < 4.78 is 65.9. The van der Waals surface area contributed by atoms with Crippen LogP contribution in [0.4, 0.5) is 20.2 Å². The molecule has 0 unspecified atom stereocenters. The molecule has 0 aliphatic carbocycles. The number of primary amides is 1. The zero-order valence-electron chi connectivity index (χ0n) is 23.2. The van der Waals surface area contributed by atoms with E-state index in [1.54, 1.807) is 18.2 Å². The first-order chi connectivity index (χ1) is 20.7. The number of ether oxygens (including phenoxy) is 2. The largest absolute Gasteiger partial charge is 0.382 e. The molecule has 43 heavy (non-hydrogen) atoms. The van der Waals surface area contributed by atoms with Gasteiger partial charge in [-0.1, -0.05) is 0 Å². The summed E-state index contributed by atoms with van der Waals surface area (Å²) in [5.41, 5.74) is 8.72. The van der Waals surface area contributed by atoms with E-state index in [2.05, 4.69) is 20.8 Å². The normalized spacial score (nSPS) is 16.8. The number of nitrogens with one attached hydrogen (secondary N) is 3. The summed E-state index contributed by atoms with van der Waals surface area (Å²) in [6.07, 6.45) is 2.97. The first-order valence-corrected chi connectivity index (χ1v) is 15.5. The number of aromatic amines is 1. The SMILES string of the molecule is NC(=O)c1ccc(NC2CCOCC2)c(-c2n[nH]c3ccc(S(=O)(=O)c4cc(F)cc(F)c4)cc23)c1NC1CCOCC1. The Balaban J connectivity index is 1.53. The molecule has 5 N–H and O–H groups in total. The van der Waals surface area contributed by atoms with Crippen LogP contribution in [0.1, 0.15) is 36.0 Å². The molecule has 6 rings (SSSR count). The lowest BCUT2D eigenvalue weighted by Gasteiger charge is -2.29. The first kappa shape index (κ1) is 29.0. The van der Waals surface area contributed by atoms with E-state index < -0.39 is 32.3 Å². The van der Waals surface area contributed by atoms with Gasteiger partial charge in [0.2, 0.25) is 9.84 Å². The number of sulfone groups is 1. The molecular formula is C30H31F2N5O5S. The van der Waals surface area contributed by atoms with Crippen molar-refractivity contribution in [1.82, 2.24) is 10.2 Å². The van der Waals surface area contributed by atoms with Gasteiger partial charge in [-0.15, -0.1) is 0 Å². The second-order valence-electron chi connectivity index (χ2n) is 10.7. The average molecular weight is 612 g/mol. The third kappa shape index (κ3) is 5.92. The number of nitrogens with two attached hydrogens (primary N) is 1. The van der Waals surface area contributed by atoms with Gasteiger partial charge < -0.3 is 25.8 Å². The minimum absolute atomic E-state index is 0.00653. The Labute approximate surface area is 246 Å². The van der Waals surface area contributed by atoms with Crippen molar-refractivity contribution in [2.24, 2.45) is 5.73 Å². The van der Waals surface area contributed by atoms with Crippen LogP contribution in [-0.2, 0) is 19.3 Å². The molecule has 2 aliphatic rings. The van der Waals surface area contributed by atoms with E-state index >= 15 is 0 Å². The molecule has 3 aromatic carbocycles. The van der Waals surface area contributed by atoms with E-state index in [-0.39, 0.29) is 22.5 Å². The first-order valence-electron chi connectivity index (χ1n) is 14.1. The van der Waals surface area contributed by atoms with Gasteiger partial charge in [-0.05, 0) is 68.1 Å². The molecule has 13 heteroatoms. The topological polar surface area (TPSA) is 148 Å². The van der Waals surface area contributed by atoms with Crippen molar-refractivity contribution in [2.45, 2.75) is 47.6 Å². The highest BCUT2D eigenvalue weighted by molar-refractivity contribution is 7.91. The van der Waals surface area contributed by atoms with E-state index in [0.29, 0.717) is 78.9 Å². The number of H-pyrrole nitrogens is 1. The minimum Gasteiger partial charge on any atom is -0.382 e. The summed E-state index contributed by atoms with van der Waals surface area (Å²) in [4.78, 5) is 12.0. The highest BCUT2D eigenvalue weighted by atomic mass is 32.2. The molecule has 0 bridgehead atoms. The molecule has 3 heterocycles. The molecule has 4 aromatic rings. The second kappa shape index (κ2) is 11.9. The van der Waals surface area contributed by atoms with Crippen molar-refractivity contribution in [1.29, 1.82) is 0 Å². The lowest BCUT2D eigenvalue weighted by Crippen LogP contribution is -2.30. The van der Waals surface area contributed by atoms with E-state index in [1.807, 2.05) is 0 Å². The quantitative estimate of drug-likeness (QED) is 0.226. The van der Waals surface area contributed by atoms with Crippen LogP contribution in [-0.4, -0.2) is 63.0 Å². The van der Waals surface area contributed by atoms with Crippen LogP contribution in [0.15, 0.2) is 58.3 Å². The minimum atomic E-state index is -4.29. The van der Waals surface area contributed by atoms with E-state index in [1.165, 1.54) is 12.1 Å². The van der Waals surface area contributed by atoms with Crippen LogP contribution in [0.5, 0.6) is 0 Å². The van der Waals surface area contributed by atoms with Crippen LogP contribution in [0.3, 0.4) is 0 Å². The lowest BCUT2D eigenvalue weighted by molar-refractivity contribution is 0.0904. The molecule has 226 valence electrons. The summed E-state index contributed by atoms with van der Waals surface area (Å²) in [6.45, 7) is 2.33. The molecule has 1 amide bonds. The van der Waals surface area contributed by atoms with Crippen LogP contribution in [0.2, 0.25) is 0 Å². The Morgan fingerprint density at radius 3 is 2.12 bits per heavy atom. The maximum Gasteiger partial charge on any atom is 0.250 e. The van der Waals surface area contributed by atoms with Crippen molar-refractivity contribution in [3.8, 4) is 11.3 Å². The van der Waals surface area contributed by atoms with Crippen molar-refractivity contribution in [3.63, 3.8) is 0 Å². The summed E-state index contributed by atoms with van der Waals surface area (Å²) >= 11 is 0. The summed E-state index contributed by atoms with van der Waals surface area (Å²) in [7, 11) is -4.29. The van der Waals surface area contributed by atoms with Gasteiger partial charge >= 0.3 is 0 Å². The van der Waals surface area contributed by atoms with Gasteiger partial charge in [0, 0.05) is 61.2 Å². The van der Waals surface area contributed by atoms with Crippen LogP contribution < -0.4 is 16.4 Å². The molecule has 0 saturated carbocycles. The fourth-order valence-corrected chi connectivity index (χ4v) is 6.93. The van der Waals surface area contributed by atoms with Crippen LogP contribution >= 0.6 is 0 Å². The fourth-order valence-electron chi connectivity index (χ4n) is 5.60. The van der Waals surface area contributed by atoms with E-state index in [4.69, 9.17) is 15.2 Å². The smallest absolute Gasteiger partial charge is 0.250 e. The maximum atomic E-state index is 14.0. The molecule has 2 aliphatic heterocycles. The number of aromatic nitrogens is 2. The zero-order chi connectivity index (χ0) is 30.1. The Kier molecular flexibility index (Phi) is 8.03. The van der Waals surface area contributed by atoms with Crippen molar-refractivity contribution >= 4 is 38.0 Å². The molecule has 2 fully saturated rings. The zero-order valence-corrected chi connectivity index (χ0v) is 24.0. The second-order valence-corrected chi connectivity index (χ2v) is 12.7. The molecule has 0 atom stereocenters. The predicted molar refractivity (Wildman–Crippen MR) is 157 cm³/mol. The highest BCUT2D eigenvalue weighted by Gasteiger charge is 2.28. The monoisotopic (exact) mass is 611 g/mol. The Bertz CT molecular complexity index is 1760. The van der Waals surface area contributed by atoms with Gasteiger partial charge in [0.05, 0.1) is 26.6 Å². The number of fused-ring (bicyclic) bond motifs is 1. The summed E-state index contributed by atoms with van der Waals surface area (Å²) in [6, 6.07) is 10.0. The number of hydrogen-bond acceptors (Lipinski definition) is 8. The third-order valence-corrected chi connectivity index (χ3v) is 9.58. The number of carbonyl (C=O) groups excluding carboxylic acids is 1. The van der Waals surface area contributed by atoms with Crippen LogP contribution in [0.25, 0.3) is 22.2 Å². The van der Waals surface area contributed by atoms with Crippen LogP contribution in [0, 0.1) is 11.6 Å². The molecule has 10 nitrogen and oxygen atoms in total. The maximum absolute atomic E-state index is 14.0. The number of nitrogens with zero attached hydrogens (tertiary/aromatic N) is 1. The number of benzene rings is 3.